The molecule has 5 aromatic rings. The summed E-state index contributed by atoms with van der Waals surface area (Å²) in [5, 5.41) is 1.74. The number of hydrogen-bond donors (Lipinski definition) is 1. The minimum atomic E-state index is -1.07. The molecule has 0 aliphatic rings. The second-order valence-electron chi connectivity index (χ2n) is 8.27. The highest BCUT2D eigenvalue weighted by Crippen LogP contribution is 2.34. The van der Waals surface area contributed by atoms with Crippen LogP contribution in [0.1, 0.15) is 18.1 Å². The normalized spacial score (nSPS) is 12.4. The molecule has 6 nitrogen and oxygen atoms in total. The van der Waals surface area contributed by atoms with Gasteiger partial charge in [-0.05, 0) is 66.0 Å². The van der Waals surface area contributed by atoms with Crippen molar-refractivity contribution in [3.8, 4) is 16.9 Å². The molecule has 2 aromatic carbocycles. The Bertz CT molecular complexity index is 1550. The third-order valence-electron chi connectivity index (χ3n) is 6.00. The number of fused-ring (bicyclic) bond motifs is 3. The summed E-state index contributed by atoms with van der Waals surface area (Å²) in [5.41, 5.74) is 4.89. The zero-order chi connectivity index (χ0) is 23.8. The first-order chi connectivity index (χ1) is 16.5. The van der Waals surface area contributed by atoms with Crippen LogP contribution in [-0.4, -0.2) is 32.0 Å². The predicted molar refractivity (Wildman–Crippen MR) is 137 cm³/mol. The highest BCUT2D eigenvalue weighted by atomic mass is 32.2. The molecule has 1 unspecified atom stereocenters. The molecule has 172 valence electrons. The van der Waals surface area contributed by atoms with Crippen LogP contribution >= 0.6 is 0 Å². The summed E-state index contributed by atoms with van der Waals surface area (Å²) < 4.78 is 19.5. The zero-order valence-electron chi connectivity index (χ0n) is 19.3. The molecule has 1 N–H and O–H groups in total. The summed E-state index contributed by atoms with van der Waals surface area (Å²) in [6.07, 6.45) is 3.69. The van der Waals surface area contributed by atoms with Gasteiger partial charge in [0, 0.05) is 34.8 Å². The van der Waals surface area contributed by atoms with E-state index in [0.717, 1.165) is 43.7 Å². The third kappa shape index (κ3) is 3.97. The van der Waals surface area contributed by atoms with Gasteiger partial charge in [-0.25, -0.2) is 4.98 Å². The van der Waals surface area contributed by atoms with Crippen molar-refractivity contribution in [2.45, 2.75) is 25.3 Å². The van der Waals surface area contributed by atoms with Gasteiger partial charge in [-0.1, -0.05) is 24.3 Å². The van der Waals surface area contributed by atoms with Crippen LogP contribution in [0.5, 0.6) is 5.75 Å². The lowest BCUT2D eigenvalue weighted by Gasteiger charge is -2.13. The van der Waals surface area contributed by atoms with Crippen LogP contribution in [0.4, 0.5) is 0 Å². The summed E-state index contributed by atoms with van der Waals surface area (Å²) in [5.74, 6) is 1.32. The number of aryl methyl sites for hydroxylation is 1. The van der Waals surface area contributed by atoms with Crippen molar-refractivity contribution in [2.24, 2.45) is 0 Å². The van der Waals surface area contributed by atoms with E-state index in [0.29, 0.717) is 23.5 Å². The number of nitrogens with zero attached hydrogens (tertiary/aromatic N) is 2. The molecule has 0 aliphatic heterocycles. The van der Waals surface area contributed by atoms with E-state index in [1.54, 1.807) is 17.9 Å². The number of aromatic nitrogens is 3. The van der Waals surface area contributed by atoms with E-state index in [1.807, 2.05) is 74.6 Å². The van der Waals surface area contributed by atoms with Gasteiger partial charge in [-0.2, -0.15) is 0 Å². The van der Waals surface area contributed by atoms with Crippen LogP contribution in [0, 0.1) is 6.92 Å². The Morgan fingerprint density at radius 3 is 2.68 bits per heavy atom. The molecule has 0 saturated carbocycles. The number of benzene rings is 2. The maximum absolute atomic E-state index is 13.5. The fourth-order valence-corrected chi connectivity index (χ4v) is 5.10. The maximum atomic E-state index is 13.5. The first kappa shape index (κ1) is 22.3. The minimum Gasteiger partial charge on any atom is -0.611 e. The largest absolute Gasteiger partial charge is 0.611 e. The first-order valence-corrected chi connectivity index (χ1v) is 12.4. The number of H-pyrrole nitrogens is 1. The Morgan fingerprint density at radius 1 is 1.15 bits per heavy atom. The highest BCUT2D eigenvalue weighted by Gasteiger charge is 2.18. The Kier molecular flexibility index (Phi) is 5.89. The van der Waals surface area contributed by atoms with E-state index in [2.05, 4.69) is 9.97 Å². The van der Waals surface area contributed by atoms with Crippen molar-refractivity contribution < 1.29 is 9.29 Å². The lowest BCUT2D eigenvalue weighted by molar-refractivity contribution is 0.414. The topological polar surface area (TPSA) is 83.0 Å². The van der Waals surface area contributed by atoms with E-state index in [-0.39, 0.29) is 5.56 Å². The van der Waals surface area contributed by atoms with E-state index in [4.69, 9.17) is 4.74 Å². The summed E-state index contributed by atoms with van der Waals surface area (Å²) in [6.45, 7) is 4.30. The van der Waals surface area contributed by atoms with E-state index < -0.39 is 11.2 Å². The Balaban J connectivity index is 1.76. The molecule has 0 saturated heterocycles. The van der Waals surface area contributed by atoms with Crippen molar-refractivity contribution >= 4 is 33.1 Å². The Morgan fingerprint density at radius 2 is 1.94 bits per heavy atom. The van der Waals surface area contributed by atoms with Crippen LogP contribution in [0.2, 0.25) is 0 Å². The van der Waals surface area contributed by atoms with Crippen molar-refractivity contribution in [3.63, 3.8) is 0 Å². The number of methoxy groups -OCH3 is 1. The number of aromatic amines is 1. The van der Waals surface area contributed by atoms with Gasteiger partial charge in [0.05, 0.1) is 13.7 Å². The number of ether oxygens (including phenoxy) is 1. The molecule has 7 heteroatoms. The van der Waals surface area contributed by atoms with Crippen molar-refractivity contribution in [2.75, 3.05) is 12.9 Å². The van der Waals surface area contributed by atoms with Gasteiger partial charge in [-0.3, -0.25) is 4.79 Å². The quantitative estimate of drug-likeness (QED) is 0.352. The fraction of sp³-hybridized carbons (Fsp3) is 0.185. The molecular formula is C27H25N3O3S. The summed E-state index contributed by atoms with van der Waals surface area (Å²) >= 11 is -1.07. The Labute approximate surface area is 200 Å². The molecule has 34 heavy (non-hydrogen) atoms. The summed E-state index contributed by atoms with van der Waals surface area (Å²) in [7, 11) is 1.63. The predicted octanol–water partition coefficient (Wildman–Crippen LogP) is 5.04. The Hall–Kier alpha value is -3.55. The van der Waals surface area contributed by atoms with E-state index >= 15 is 0 Å². The van der Waals surface area contributed by atoms with Crippen LogP contribution in [-0.2, 0) is 17.7 Å². The molecule has 3 heterocycles. The number of pyridine rings is 2. The van der Waals surface area contributed by atoms with Gasteiger partial charge in [-0.15, -0.1) is 0 Å². The summed E-state index contributed by atoms with van der Waals surface area (Å²) in [4.78, 5) is 22.1. The van der Waals surface area contributed by atoms with Gasteiger partial charge in [0.2, 0.25) is 0 Å². The van der Waals surface area contributed by atoms with Gasteiger partial charge in [0.15, 0.2) is 4.90 Å². The molecule has 0 amide bonds. The van der Waals surface area contributed by atoms with E-state index in [9.17, 15) is 9.35 Å². The van der Waals surface area contributed by atoms with Crippen LogP contribution in [0.3, 0.4) is 0 Å². The molecule has 5 rings (SSSR count). The van der Waals surface area contributed by atoms with Gasteiger partial charge in [0.1, 0.15) is 22.7 Å². The van der Waals surface area contributed by atoms with Crippen molar-refractivity contribution in [3.05, 3.63) is 88.5 Å². The molecular weight excluding hydrogens is 446 g/mol. The van der Waals surface area contributed by atoms with Gasteiger partial charge < -0.3 is 18.8 Å². The molecule has 0 fully saturated rings. The van der Waals surface area contributed by atoms with E-state index in [1.165, 1.54) is 0 Å². The molecule has 1 atom stereocenters. The zero-order valence-corrected chi connectivity index (χ0v) is 20.1. The lowest BCUT2D eigenvalue weighted by Crippen LogP contribution is -2.21. The van der Waals surface area contributed by atoms with Crippen LogP contribution in [0.15, 0.2) is 76.7 Å². The summed E-state index contributed by atoms with van der Waals surface area (Å²) in [6, 6.07) is 17.5. The molecule has 0 aliphatic carbocycles. The monoisotopic (exact) mass is 471 g/mol. The SMILES string of the molecule is CC[S+]([O-])c1cccc(-c2cn(Cc3ccc(OC)cc3)c(=O)c3[nH]c4ncc(C)cc4c23)c1. The standard InChI is InChI=1S/C27H25N3O3S/c1-4-34(32)21-7-5-6-19(13-21)23-16-30(15-18-8-10-20(33-3)11-9-18)27(31)25-24(23)22-12-17(2)14-28-26(22)29-25/h5-14,16H,4,15H2,1-3H3,(H,28,29). The van der Waals surface area contributed by atoms with Gasteiger partial charge >= 0.3 is 0 Å². The number of nitrogens with one attached hydrogen (secondary N) is 1. The third-order valence-corrected chi connectivity index (χ3v) is 7.30. The average Bonchev–Trinajstić information content (AvgIpc) is 3.25. The number of rotatable bonds is 6. The highest BCUT2D eigenvalue weighted by molar-refractivity contribution is 7.91. The number of hydrogen-bond acceptors (Lipinski definition) is 4. The smallest absolute Gasteiger partial charge is 0.275 e. The fourth-order valence-electron chi connectivity index (χ4n) is 4.27. The molecule has 0 bridgehead atoms. The molecule has 3 aromatic heterocycles. The second-order valence-corrected chi connectivity index (χ2v) is 10.0. The van der Waals surface area contributed by atoms with Crippen molar-refractivity contribution in [1.29, 1.82) is 0 Å². The second kappa shape index (κ2) is 9.00. The van der Waals surface area contributed by atoms with Crippen molar-refractivity contribution in [1.82, 2.24) is 14.5 Å². The maximum Gasteiger partial charge on any atom is 0.275 e. The van der Waals surface area contributed by atoms with Gasteiger partial charge in [0.25, 0.3) is 5.56 Å². The van der Waals surface area contributed by atoms with Crippen LogP contribution in [0.25, 0.3) is 33.1 Å². The van der Waals surface area contributed by atoms with Crippen LogP contribution < -0.4 is 10.3 Å². The lowest BCUT2D eigenvalue weighted by atomic mass is 10.0. The molecule has 0 radical (unpaired) electrons. The molecule has 0 spiro atoms. The first-order valence-electron chi connectivity index (χ1n) is 11.1. The minimum absolute atomic E-state index is 0.112. The average molecular weight is 472 g/mol.